The smallest absolute Gasteiger partial charge is 0.414 e. The summed E-state index contributed by atoms with van der Waals surface area (Å²) in [6.07, 6.45) is 0.636. The molecule has 2 saturated heterocycles. The first-order valence-corrected chi connectivity index (χ1v) is 8.64. The molecule has 9 heteroatoms. The lowest BCUT2D eigenvalue weighted by Gasteiger charge is -2.16. The van der Waals surface area contributed by atoms with Gasteiger partial charge in [-0.05, 0) is 36.5 Å². The van der Waals surface area contributed by atoms with Crippen molar-refractivity contribution in [3.05, 3.63) is 36.9 Å². The predicted octanol–water partition coefficient (Wildman–Crippen LogP) is 1.62. The lowest BCUT2D eigenvalue weighted by atomic mass is 10.2. The Balaban J connectivity index is 1.56. The SMILES string of the molecule is C=CCNC(=S)NC[C@H]1CN(c2ccc(N3CCOC3=O)cc2)C(=O)O1. The second-order valence-electron chi connectivity index (χ2n) is 5.78. The second-order valence-corrected chi connectivity index (χ2v) is 6.19. The van der Waals surface area contributed by atoms with E-state index in [0.717, 1.165) is 5.69 Å². The van der Waals surface area contributed by atoms with Crippen molar-refractivity contribution in [2.75, 3.05) is 42.6 Å². The van der Waals surface area contributed by atoms with Crippen molar-refractivity contribution in [1.29, 1.82) is 0 Å². The summed E-state index contributed by atoms with van der Waals surface area (Å²) in [5.74, 6) is 0. The standard InChI is InChI=1S/C17H20N4O4S/c1-2-7-18-15(26)19-10-14-11-21(17(23)25-14)13-5-3-12(4-6-13)20-8-9-24-16(20)22/h2-6,14H,1,7-11H2,(H2,18,19,26)/t14-/m0/s1. The van der Waals surface area contributed by atoms with Crippen LogP contribution in [0.5, 0.6) is 0 Å². The number of amides is 2. The van der Waals surface area contributed by atoms with E-state index in [1.807, 2.05) is 0 Å². The Kier molecular flexibility index (Phi) is 5.57. The second kappa shape index (κ2) is 8.05. The number of hydrogen-bond donors (Lipinski definition) is 2. The van der Waals surface area contributed by atoms with Crippen LogP contribution in [0.2, 0.25) is 0 Å². The number of benzene rings is 1. The molecule has 8 nitrogen and oxygen atoms in total. The highest BCUT2D eigenvalue weighted by atomic mass is 32.1. The number of nitrogens with one attached hydrogen (secondary N) is 2. The van der Waals surface area contributed by atoms with Crippen molar-refractivity contribution in [2.24, 2.45) is 0 Å². The fourth-order valence-corrected chi connectivity index (χ4v) is 2.88. The molecule has 0 bridgehead atoms. The number of carbonyl (C=O) groups is 2. The third-order valence-corrected chi connectivity index (χ3v) is 4.29. The molecule has 0 saturated carbocycles. The summed E-state index contributed by atoms with van der Waals surface area (Å²) in [5.41, 5.74) is 1.45. The monoisotopic (exact) mass is 376 g/mol. The van der Waals surface area contributed by atoms with Crippen LogP contribution in [0.25, 0.3) is 0 Å². The molecule has 3 rings (SSSR count). The zero-order valence-corrected chi connectivity index (χ0v) is 15.0. The number of nitrogens with zero attached hydrogens (tertiary/aromatic N) is 2. The van der Waals surface area contributed by atoms with Crippen LogP contribution in [0.3, 0.4) is 0 Å². The Bertz CT molecular complexity index is 709. The molecule has 0 unspecified atom stereocenters. The van der Waals surface area contributed by atoms with E-state index < -0.39 is 6.09 Å². The first-order valence-electron chi connectivity index (χ1n) is 8.23. The van der Waals surface area contributed by atoms with Gasteiger partial charge in [0, 0.05) is 17.9 Å². The van der Waals surface area contributed by atoms with Crippen molar-refractivity contribution >= 4 is 40.9 Å². The maximum atomic E-state index is 12.1. The number of hydrogen-bond acceptors (Lipinski definition) is 5. The molecule has 2 N–H and O–H groups in total. The van der Waals surface area contributed by atoms with Gasteiger partial charge in [-0.3, -0.25) is 9.80 Å². The van der Waals surface area contributed by atoms with E-state index in [0.29, 0.717) is 43.6 Å². The minimum atomic E-state index is -0.407. The molecule has 0 spiro atoms. The van der Waals surface area contributed by atoms with Gasteiger partial charge in [0.15, 0.2) is 5.11 Å². The number of thiocarbonyl (C=S) groups is 1. The summed E-state index contributed by atoms with van der Waals surface area (Å²) in [5, 5.41) is 6.45. The average molecular weight is 376 g/mol. The highest BCUT2D eigenvalue weighted by Crippen LogP contribution is 2.26. The minimum Gasteiger partial charge on any atom is -0.447 e. The van der Waals surface area contributed by atoms with Crippen molar-refractivity contribution in [1.82, 2.24) is 10.6 Å². The van der Waals surface area contributed by atoms with Gasteiger partial charge in [-0.25, -0.2) is 9.59 Å². The van der Waals surface area contributed by atoms with Crippen LogP contribution in [-0.2, 0) is 9.47 Å². The molecule has 2 heterocycles. The Morgan fingerprint density at radius 3 is 2.50 bits per heavy atom. The fraction of sp³-hybridized carbons (Fsp3) is 0.353. The lowest BCUT2D eigenvalue weighted by Crippen LogP contribution is -2.40. The van der Waals surface area contributed by atoms with Crippen molar-refractivity contribution in [2.45, 2.75) is 6.10 Å². The molecule has 1 aromatic rings. The normalized spacial score (nSPS) is 19.2. The first-order chi connectivity index (χ1) is 12.6. The highest BCUT2D eigenvalue weighted by molar-refractivity contribution is 7.80. The summed E-state index contributed by atoms with van der Waals surface area (Å²) >= 11 is 5.12. The molecule has 2 aliphatic heterocycles. The van der Waals surface area contributed by atoms with E-state index >= 15 is 0 Å². The van der Waals surface area contributed by atoms with Crippen LogP contribution in [0.1, 0.15) is 0 Å². The summed E-state index contributed by atoms with van der Waals surface area (Å²) in [6.45, 7) is 5.92. The number of rotatable bonds is 6. The quantitative estimate of drug-likeness (QED) is 0.577. The van der Waals surface area contributed by atoms with Crippen molar-refractivity contribution in [3.8, 4) is 0 Å². The number of cyclic esters (lactones) is 2. The van der Waals surface area contributed by atoms with Gasteiger partial charge in [-0.1, -0.05) is 6.08 Å². The number of carbonyl (C=O) groups excluding carboxylic acids is 2. The fourth-order valence-electron chi connectivity index (χ4n) is 2.71. The van der Waals surface area contributed by atoms with Crippen LogP contribution in [0.4, 0.5) is 21.0 Å². The summed E-state index contributed by atoms with van der Waals surface area (Å²) in [7, 11) is 0. The van der Waals surface area contributed by atoms with Gasteiger partial charge < -0.3 is 20.1 Å². The van der Waals surface area contributed by atoms with E-state index in [-0.39, 0.29) is 12.2 Å². The molecule has 0 aliphatic carbocycles. The van der Waals surface area contributed by atoms with Crippen molar-refractivity contribution in [3.63, 3.8) is 0 Å². The molecule has 26 heavy (non-hydrogen) atoms. The zero-order chi connectivity index (χ0) is 18.5. The first kappa shape index (κ1) is 18.0. The summed E-state index contributed by atoms with van der Waals surface area (Å²) in [4.78, 5) is 26.8. The molecular formula is C17H20N4O4S. The molecule has 0 radical (unpaired) electrons. The lowest BCUT2D eigenvalue weighted by molar-refractivity contribution is 0.143. The van der Waals surface area contributed by atoms with E-state index in [4.69, 9.17) is 21.7 Å². The predicted molar refractivity (Wildman–Crippen MR) is 102 cm³/mol. The maximum absolute atomic E-state index is 12.1. The average Bonchev–Trinajstić information content (AvgIpc) is 3.24. The Labute approximate surface area is 156 Å². The summed E-state index contributed by atoms with van der Waals surface area (Å²) in [6, 6.07) is 7.15. The Morgan fingerprint density at radius 2 is 1.88 bits per heavy atom. The minimum absolute atomic E-state index is 0.306. The van der Waals surface area contributed by atoms with E-state index in [9.17, 15) is 9.59 Å². The third-order valence-electron chi connectivity index (χ3n) is 4.01. The number of anilines is 2. The van der Waals surface area contributed by atoms with Gasteiger partial charge in [-0.15, -0.1) is 6.58 Å². The van der Waals surface area contributed by atoms with Gasteiger partial charge in [0.05, 0.1) is 19.6 Å². The molecule has 1 atom stereocenters. The van der Waals surface area contributed by atoms with Crippen LogP contribution < -0.4 is 20.4 Å². The Hall–Kier alpha value is -2.81. The van der Waals surface area contributed by atoms with Gasteiger partial charge in [-0.2, -0.15) is 0 Å². The molecular weight excluding hydrogens is 356 g/mol. The number of ether oxygens (including phenoxy) is 2. The molecule has 1 aromatic carbocycles. The van der Waals surface area contributed by atoms with Gasteiger partial charge in [0.1, 0.15) is 12.7 Å². The van der Waals surface area contributed by atoms with Crippen LogP contribution in [0.15, 0.2) is 36.9 Å². The third kappa shape index (κ3) is 4.05. The molecule has 2 aliphatic rings. The van der Waals surface area contributed by atoms with Crippen LogP contribution in [-0.4, -0.2) is 56.2 Å². The largest absolute Gasteiger partial charge is 0.447 e. The van der Waals surface area contributed by atoms with E-state index in [1.165, 1.54) is 0 Å². The van der Waals surface area contributed by atoms with Gasteiger partial charge >= 0.3 is 12.2 Å². The molecule has 2 amide bonds. The molecule has 2 fully saturated rings. The van der Waals surface area contributed by atoms with Crippen molar-refractivity contribution < 1.29 is 19.1 Å². The van der Waals surface area contributed by atoms with E-state index in [2.05, 4.69) is 17.2 Å². The van der Waals surface area contributed by atoms with E-state index in [1.54, 1.807) is 40.1 Å². The van der Waals surface area contributed by atoms with Gasteiger partial charge in [0.25, 0.3) is 0 Å². The maximum Gasteiger partial charge on any atom is 0.414 e. The summed E-state index contributed by atoms with van der Waals surface area (Å²) < 4.78 is 10.3. The van der Waals surface area contributed by atoms with Gasteiger partial charge in [0.2, 0.25) is 0 Å². The highest BCUT2D eigenvalue weighted by Gasteiger charge is 2.32. The molecule has 138 valence electrons. The van der Waals surface area contributed by atoms with Crippen LogP contribution in [0, 0.1) is 0 Å². The topological polar surface area (TPSA) is 83.1 Å². The zero-order valence-electron chi connectivity index (χ0n) is 14.1. The Morgan fingerprint density at radius 1 is 1.19 bits per heavy atom. The molecule has 0 aromatic heterocycles. The van der Waals surface area contributed by atoms with Crippen LogP contribution >= 0.6 is 12.2 Å².